The van der Waals surface area contributed by atoms with E-state index in [0.717, 1.165) is 18.5 Å². The number of ether oxygens (including phenoxy) is 2. The average Bonchev–Trinajstić information content (AvgIpc) is 2.78. The molecule has 3 N–H and O–H groups in total. The molecule has 5 atom stereocenters. The summed E-state index contributed by atoms with van der Waals surface area (Å²) < 4.78 is 14.5. The molecule has 3 aliphatic rings. The second kappa shape index (κ2) is 4.44. The normalized spacial score (nSPS) is 39.6. The van der Waals surface area contributed by atoms with Crippen LogP contribution in [0.25, 0.3) is 11.2 Å². The second-order valence-electron chi connectivity index (χ2n) is 7.69. The Hall–Kier alpha value is -1.77. The first-order valence-corrected chi connectivity index (χ1v) is 8.35. The van der Waals surface area contributed by atoms with Gasteiger partial charge in [-0.05, 0) is 32.6 Å². The third kappa shape index (κ3) is 1.76. The van der Waals surface area contributed by atoms with E-state index in [1.165, 1.54) is 6.33 Å². The standard InChI is InChI=1S/C16H21N5O3/c1-15(2)23-11-9(4-16(12(11)24-15)3-8(16)5-22)21-7-20-10-13(17)18-6-19-14(10)21/h6-9,11-12,22H,3-5H2,1-2H3,(H2,17,18,19)/t8-,9+,11?,12?,16+/m0/s1. The van der Waals surface area contributed by atoms with E-state index in [1.54, 1.807) is 6.33 Å². The molecule has 2 saturated carbocycles. The molecule has 2 aliphatic carbocycles. The van der Waals surface area contributed by atoms with Crippen molar-refractivity contribution in [1.29, 1.82) is 0 Å². The van der Waals surface area contributed by atoms with Gasteiger partial charge in [0.1, 0.15) is 17.9 Å². The number of rotatable bonds is 2. The van der Waals surface area contributed by atoms with Crippen molar-refractivity contribution in [2.45, 2.75) is 50.7 Å². The van der Waals surface area contributed by atoms with Gasteiger partial charge >= 0.3 is 0 Å². The molecule has 5 rings (SSSR count). The van der Waals surface area contributed by atoms with Crippen LogP contribution in [0.5, 0.6) is 0 Å². The number of aliphatic hydroxyl groups excluding tert-OH is 1. The summed E-state index contributed by atoms with van der Waals surface area (Å²) in [5, 5.41) is 9.65. The Morgan fingerprint density at radius 3 is 2.88 bits per heavy atom. The third-order valence-corrected chi connectivity index (χ3v) is 5.91. The number of nitrogens with zero attached hydrogens (tertiary/aromatic N) is 4. The molecule has 0 radical (unpaired) electrons. The van der Waals surface area contributed by atoms with Crippen LogP contribution in [0.3, 0.4) is 0 Å². The zero-order valence-corrected chi connectivity index (χ0v) is 13.7. The first-order valence-electron chi connectivity index (χ1n) is 8.35. The molecule has 1 aliphatic heterocycles. The number of anilines is 1. The Morgan fingerprint density at radius 1 is 1.29 bits per heavy atom. The minimum atomic E-state index is -0.617. The van der Waals surface area contributed by atoms with Crippen molar-refractivity contribution in [2.75, 3.05) is 12.3 Å². The van der Waals surface area contributed by atoms with Gasteiger partial charge in [-0.25, -0.2) is 15.0 Å². The van der Waals surface area contributed by atoms with E-state index in [1.807, 2.05) is 18.4 Å². The molecule has 2 unspecified atom stereocenters. The lowest BCUT2D eigenvalue weighted by molar-refractivity contribution is -0.163. The minimum absolute atomic E-state index is 0.00692. The highest BCUT2D eigenvalue weighted by Gasteiger charge is 2.71. The highest BCUT2D eigenvalue weighted by atomic mass is 16.8. The molecule has 8 heteroatoms. The first kappa shape index (κ1) is 14.6. The summed E-state index contributed by atoms with van der Waals surface area (Å²) in [5.74, 6) is 0.0436. The maximum Gasteiger partial charge on any atom is 0.165 e. The van der Waals surface area contributed by atoms with Crippen molar-refractivity contribution in [3.8, 4) is 0 Å². The molecule has 1 saturated heterocycles. The Bertz CT molecular complexity index is 821. The molecular weight excluding hydrogens is 310 g/mol. The summed E-state index contributed by atoms with van der Waals surface area (Å²) in [5.41, 5.74) is 7.24. The molecule has 3 heterocycles. The number of hydrogen-bond donors (Lipinski definition) is 2. The van der Waals surface area contributed by atoms with Gasteiger partial charge in [-0.3, -0.25) is 0 Å². The number of imidazole rings is 1. The highest BCUT2D eigenvalue weighted by molar-refractivity contribution is 5.81. The Labute approximate surface area is 139 Å². The molecule has 2 aromatic heterocycles. The van der Waals surface area contributed by atoms with Gasteiger partial charge in [0.25, 0.3) is 0 Å². The highest BCUT2D eigenvalue weighted by Crippen LogP contribution is 2.68. The Morgan fingerprint density at radius 2 is 2.12 bits per heavy atom. The topological polar surface area (TPSA) is 108 Å². The molecule has 1 spiro atoms. The van der Waals surface area contributed by atoms with E-state index in [-0.39, 0.29) is 36.2 Å². The monoisotopic (exact) mass is 331 g/mol. The van der Waals surface area contributed by atoms with Crippen LogP contribution in [-0.4, -0.2) is 49.2 Å². The summed E-state index contributed by atoms with van der Waals surface area (Å²) in [6, 6.07) is 0.0626. The van der Waals surface area contributed by atoms with Crippen molar-refractivity contribution in [2.24, 2.45) is 11.3 Å². The van der Waals surface area contributed by atoms with Crippen molar-refractivity contribution < 1.29 is 14.6 Å². The van der Waals surface area contributed by atoms with Crippen molar-refractivity contribution in [1.82, 2.24) is 19.5 Å². The van der Waals surface area contributed by atoms with Crippen LogP contribution in [0.15, 0.2) is 12.7 Å². The van der Waals surface area contributed by atoms with Gasteiger partial charge < -0.3 is 24.9 Å². The quantitative estimate of drug-likeness (QED) is 0.840. The number of aromatic nitrogens is 4. The maximum absolute atomic E-state index is 9.65. The van der Waals surface area contributed by atoms with Crippen LogP contribution in [0.2, 0.25) is 0 Å². The molecule has 128 valence electrons. The molecular formula is C16H21N5O3. The summed E-state index contributed by atoms with van der Waals surface area (Å²) in [4.78, 5) is 12.8. The van der Waals surface area contributed by atoms with Gasteiger partial charge in [0.05, 0.1) is 18.5 Å². The van der Waals surface area contributed by atoms with Crippen LogP contribution in [0.1, 0.15) is 32.7 Å². The largest absolute Gasteiger partial charge is 0.396 e. The molecule has 8 nitrogen and oxygen atoms in total. The molecule has 3 fully saturated rings. The van der Waals surface area contributed by atoms with Crippen LogP contribution < -0.4 is 5.73 Å². The van der Waals surface area contributed by atoms with Crippen molar-refractivity contribution in [3.05, 3.63) is 12.7 Å². The van der Waals surface area contributed by atoms with Gasteiger partial charge in [-0.15, -0.1) is 0 Å². The van der Waals surface area contributed by atoms with E-state index in [0.29, 0.717) is 11.3 Å². The summed E-state index contributed by atoms with van der Waals surface area (Å²) >= 11 is 0. The van der Waals surface area contributed by atoms with Gasteiger partial charge in [0, 0.05) is 12.0 Å². The van der Waals surface area contributed by atoms with E-state index >= 15 is 0 Å². The summed E-state index contributed by atoms with van der Waals surface area (Å²) in [6.07, 6.45) is 5.00. The van der Waals surface area contributed by atoms with E-state index in [9.17, 15) is 5.11 Å². The zero-order chi connectivity index (χ0) is 16.7. The lowest BCUT2D eigenvalue weighted by atomic mass is 9.99. The van der Waals surface area contributed by atoms with E-state index in [4.69, 9.17) is 15.2 Å². The fraction of sp³-hybridized carbons (Fsp3) is 0.688. The van der Waals surface area contributed by atoms with Crippen LogP contribution in [0, 0.1) is 11.3 Å². The van der Waals surface area contributed by atoms with Gasteiger partial charge in [-0.1, -0.05) is 0 Å². The number of aliphatic hydroxyl groups is 1. The first-order chi connectivity index (χ1) is 11.5. The molecule has 24 heavy (non-hydrogen) atoms. The summed E-state index contributed by atoms with van der Waals surface area (Å²) in [6.45, 7) is 4.08. The Balaban J connectivity index is 1.59. The SMILES string of the molecule is CC1(C)OC2C(O1)[C@]1(C[C@H]1CO)C[C@H]2n1cnc2c(N)ncnc21. The van der Waals surface area contributed by atoms with Crippen molar-refractivity contribution >= 4 is 17.0 Å². The lowest BCUT2D eigenvalue weighted by Gasteiger charge is -2.24. The van der Waals surface area contributed by atoms with Gasteiger partial charge in [0.2, 0.25) is 0 Å². The predicted molar refractivity (Wildman–Crippen MR) is 84.8 cm³/mol. The third-order valence-electron chi connectivity index (χ3n) is 5.91. The van der Waals surface area contributed by atoms with Crippen LogP contribution >= 0.6 is 0 Å². The van der Waals surface area contributed by atoms with Gasteiger partial charge in [0.15, 0.2) is 17.3 Å². The fourth-order valence-electron chi connectivity index (χ4n) is 4.75. The lowest BCUT2D eigenvalue weighted by Crippen LogP contribution is -2.28. The maximum atomic E-state index is 9.65. The average molecular weight is 331 g/mol. The van der Waals surface area contributed by atoms with Gasteiger partial charge in [-0.2, -0.15) is 0 Å². The summed E-state index contributed by atoms with van der Waals surface area (Å²) in [7, 11) is 0. The molecule has 0 amide bonds. The Kier molecular flexibility index (Phi) is 2.69. The molecule has 0 aromatic carbocycles. The smallest absolute Gasteiger partial charge is 0.165 e. The van der Waals surface area contributed by atoms with Crippen LogP contribution in [0.4, 0.5) is 5.82 Å². The molecule has 0 bridgehead atoms. The zero-order valence-electron chi connectivity index (χ0n) is 13.7. The fourth-order valence-corrected chi connectivity index (χ4v) is 4.75. The number of nitrogens with two attached hydrogens (primary N) is 1. The van der Waals surface area contributed by atoms with E-state index < -0.39 is 5.79 Å². The van der Waals surface area contributed by atoms with Crippen molar-refractivity contribution in [3.63, 3.8) is 0 Å². The number of fused-ring (bicyclic) bond motifs is 3. The molecule has 2 aromatic rings. The van der Waals surface area contributed by atoms with E-state index in [2.05, 4.69) is 15.0 Å². The van der Waals surface area contributed by atoms with Crippen LogP contribution in [-0.2, 0) is 9.47 Å². The predicted octanol–water partition coefficient (Wildman–Crippen LogP) is 0.872. The second-order valence-corrected chi connectivity index (χ2v) is 7.69. The number of hydrogen-bond acceptors (Lipinski definition) is 7. The minimum Gasteiger partial charge on any atom is -0.396 e. The number of nitrogen functional groups attached to an aromatic ring is 1.